The summed E-state index contributed by atoms with van der Waals surface area (Å²) < 4.78 is 22.5. The Hall–Kier alpha value is -1.18. The first-order valence-corrected chi connectivity index (χ1v) is 7.42. The van der Waals surface area contributed by atoms with Crippen molar-refractivity contribution in [3.05, 3.63) is 0 Å². The van der Waals surface area contributed by atoms with Crippen LogP contribution in [0.25, 0.3) is 0 Å². The molecule has 0 aromatic rings. The Morgan fingerprint density at radius 1 is 0.762 bits per heavy atom. The summed E-state index contributed by atoms with van der Waals surface area (Å²) in [6.07, 6.45) is 2.32. The van der Waals surface area contributed by atoms with E-state index in [1.54, 1.807) is 0 Å². The second kappa shape index (κ2) is 13.8. The third-order valence-corrected chi connectivity index (χ3v) is 2.50. The van der Waals surface area contributed by atoms with Crippen LogP contribution in [0, 0.1) is 22.7 Å². The maximum atomic E-state index is 8.63. The zero-order chi connectivity index (χ0) is 15.8. The lowest BCUT2D eigenvalue weighted by molar-refractivity contribution is -0.281. The quantitative estimate of drug-likeness (QED) is 0.361. The Morgan fingerprint density at radius 3 is 1.52 bits per heavy atom. The minimum atomic E-state index is -1.04. The molecule has 0 bridgehead atoms. The van der Waals surface area contributed by atoms with Gasteiger partial charge in [0.15, 0.2) is 0 Å². The van der Waals surface area contributed by atoms with Gasteiger partial charge < -0.3 is 18.9 Å². The molecule has 0 atom stereocenters. The fraction of sp³-hybridized carbons (Fsp3) is 0.867. The molecule has 0 aromatic carbocycles. The van der Waals surface area contributed by atoms with E-state index in [1.165, 1.54) is 0 Å². The summed E-state index contributed by atoms with van der Waals surface area (Å²) in [6, 6.07) is 4.06. The molecule has 0 aromatic heterocycles. The lowest BCUT2D eigenvalue weighted by atomic mass is 10.3. The first kappa shape index (κ1) is 19.8. The number of hydrogen-bond acceptors (Lipinski definition) is 6. The molecule has 21 heavy (non-hydrogen) atoms. The third kappa shape index (κ3) is 10.2. The molecule has 0 aliphatic heterocycles. The van der Waals surface area contributed by atoms with Gasteiger partial charge in [0.05, 0.1) is 38.2 Å². The van der Waals surface area contributed by atoms with E-state index in [2.05, 4.69) is 0 Å². The SMILES string of the molecule is CCCOCC(COCCC)(OCCC#N)OCCC#N. The van der Waals surface area contributed by atoms with Crippen LogP contribution in [0.15, 0.2) is 0 Å². The van der Waals surface area contributed by atoms with E-state index >= 15 is 0 Å². The lowest BCUT2D eigenvalue weighted by Crippen LogP contribution is -2.46. The summed E-state index contributed by atoms with van der Waals surface area (Å²) in [5.41, 5.74) is 0. The number of ether oxygens (including phenoxy) is 4. The average Bonchev–Trinajstić information content (AvgIpc) is 2.48. The maximum Gasteiger partial charge on any atom is 0.216 e. The molecule has 120 valence electrons. The highest BCUT2D eigenvalue weighted by molar-refractivity contribution is 4.75. The van der Waals surface area contributed by atoms with Crippen molar-refractivity contribution in [2.75, 3.05) is 39.6 Å². The molecule has 0 N–H and O–H groups in total. The molecule has 6 nitrogen and oxygen atoms in total. The van der Waals surface area contributed by atoms with Crippen molar-refractivity contribution < 1.29 is 18.9 Å². The highest BCUT2D eigenvalue weighted by atomic mass is 16.7. The van der Waals surface area contributed by atoms with Gasteiger partial charge in [-0.2, -0.15) is 10.5 Å². The van der Waals surface area contributed by atoms with Crippen LogP contribution < -0.4 is 0 Å². The molecule has 0 aliphatic carbocycles. The predicted molar refractivity (Wildman–Crippen MR) is 77.3 cm³/mol. The van der Waals surface area contributed by atoms with Crippen molar-refractivity contribution >= 4 is 0 Å². The topological polar surface area (TPSA) is 84.5 Å². The second-order valence-corrected chi connectivity index (χ2v) is 4.53. The van der Waals surface area contributed by atoms with Gasteiger partial charge in [-0.05, 0) is 12.8 Å². The van der Waals surface area contributed by atoms with E-state index in [-0.39, 0.29) is 39.3 Å². The van der Waals surface area contributed by atoms with E-state index in [1.807, 2.05) is 26.0 Å². The summed E-state index contributed by atoms with van der Waals surface area (Å²) in [4.78, 5) is 0. The molecule has 0 heterocycles. The van der Waals surface area contributed by atoms with Crippen molar-refractivity contribution in [3.63, 3.8) is 0 Å². The van der Waals surface area contributed by atoms with Crippen molar-refractivity contribution in [2.24, 2.45) is 0 Å². The molecule has 0 spiro atoms. The predicted octanol–water partition coefficient (Wildman–Crippen LogP) is 2.40. The zero-order valence-corrected chi connectivity index (χ0v) is 13.1. The van der Waals surface area contributed by atoms with Gasteiger partial charge in [0.2, 0.25) is 5.79 Å². The molecular formula is C15H26N2O4. The molecule has 0 rings (SSSR count). The fourth-order valence-electron chi connectivity index (χ4n) is 1.56. The van der Waals surface area contributed by atoms with E-state index in [4.69, 9.17) is 29.5 Å². The molecule has 0 fully saturated rings. The Labute approximate surface area is 127 Å². The Bertz CT molecular complexity index is 291. The number of nitriles is 2. The number of rotatable bonds is 14. The van der Waals surface area contributed by atoms with E-state index in [0.29, 0.717) is 13.2 Å². The molecule has 0 saturated heterocycles. The van der Waals surface area contributed by atoms with Crippen LogP contribution in [0.1, 0.15) is 39.5 Å². The normalized spacial score (nSPS) is 11.0. The minimum Gasteiger partial charge on any atom is -0.376 e. The van der Waals surface area contributed by atoms with Crippen LogP contribution >= 0.6 is 0 Å². The van der Waals surface area contributed by atoms with Crippen molar-refractivity contribution in [2.45, 2.75) is 45.3 Å². The molecule has 0 radical (unpaired) electrons. The molecule has 0 amide bonds. The average molecular weight is 298 g/mol. The van der Waals surface area contributed by atoms with Gasteiger partial charge in [0.1, 0.15) is 13.2 Å². The van der Waals surface area contributed by atoms with Crippen LogP contribution in [0.3, 0.4) is 0 Å². The summed E-state index contributed by atoms with van der Waals surface area (Å²) in [5, 5.41) is 17.3. The van der Waals surface area contributed by atoms with Crippen LogP contribution in [0.4, 0.5) is 0 Å². The van der Waals surface area contributed by atoms with Crippen LogP contribution in [0.5, 0.6) is 0 Å². The van der Waals surface area contributed by atoms with Crippen LogP contribution in [-0.4, -0.2) is 45.4 Å². The van der Waals surface area contributed by atoms with Gasteiger partial charge in [0.25, 0.3) is 0 Å². The fourth-order valence-corrected chi connectivity index (χ4v) is 1.56. The first-order valence-electron chi connectivity index (χ1n) is 7.42. The van der Waals surface area contributed by atoms with Crippen LogP contribution in [0.2, 0.25) is 0 Å². The Kier molecular flexibility index (Phi) is 13.0. The monoisotopic (exact) mass is 298 g/mol. The van der Waals surface area contributed by atoms with Gasteiger partial charge in [-0.3, -0.25) is 0 Å². The Balaban J connectivity index is 4.61. The van der Waals surface area contributed by atoms with Gasteiger partial charge >= 0.3 is 0 Å². The highest BCUT2D eigenvalue weighted by Crippen LogP contribution is 2.17. The summed E-state index contributed by atoms with van der Waals surface area (Å²) in [6.45, 7) is 6.16. The van der Waals surface area contributed by atoms with Crippen molar-refractivity contribution in [3.8, 4) is 12.1 Å². The second-order valence-electron chi connectivity index (χ2n) is 4.53. The van der Waals surface area contributed by atoms with E-state index < -0.39 is 5.79 Å². The third-order valence-electron chi connectivity index (χ3n) is 2.50. The smallest absolute Gasteiger partial charge is 0.216 e. The summed E-state index contributed by atoms with van der Waals surface area (Å²) in [5.74, 6) is -1.04. The zero-order valence-electron chi connectivity index (χ0n) is 13.1. The highest BCUT2D eigenvalue weighted by Gasteiger charge is 2.33. The van der Waals surface area contributed by atoms with Crippen molar-refractivity contribution in [1.82, 2.24) is 0 Å². The largest absolute Gasteiger partial charge is 0.376 e. The number of nitrogens with zero attached hydrogens (tertiary/aromatic N) is 2. The summed E-state index contributed by atoms with van der Waals surface area (Å²) in [7, 11) is 0. The standard InChI is InChI=1S/C15H26N2O4/c1-3-9-18-13-15(14-19-10-4-2,20-11-5-7-16)21-12-6-8-17/h3-6,9-14H2,1-2H3. The van der Waals surface area contributed by atoms with Gasteiger partial charge in [-0.15, -0.1) is 0 Å². The lowest BCUT2D eigenvalue weighted by Gasteiger charge is -2.33. The van der Waals surface area contributed by atoms with Gasteiger partial charge in [-0.25, -0.2) is 0 Å². The summed E-state index contributed by atoms with van der Waals surface area (Å²) >= 11 is 0. The molecule has 6 heteroatoms. The molecular weight excluding hydrogens is 272 g/mol. The Morgan fingerprint density at radius 2 is 1.19 bits per heavy atom. The maximum absolute atomic E-state index is 8.63. The molecule has 0 unspecified atom stereocenters. The minimum absolute atomic E-state index is 0.224. The molecule has 0 aliphatic rings. The molecule has 0 saturated carbocycles. The first-order chi connectivity index (χ1) is 10.2. The number of hydrogen-bond donors (Lipinski definition) is 0. The van der Waals surface area contributed by atoms with Gasteiger partial charge in [0, 0.05) is 13.2 Å². The van der Waals surface area contributed by atoms with E-state index in [0.717, 1.165) is 12.8 Å². The van der Waals surface area contributed by atoms with Crippen molar-refractivity contribution in [1.29, 1.82) is 10.5 Å². The van der Waals surface area contributed by atoms with Gasteiger partial charge in [-0.1, -0.05) is 13.8 Å². The van der Waals surface area contributed by atoms with E-state index in [9.17, 15) is 0 Å². The van der Waals surface area contributed by atoms with Crippen LogP contribution in [-0.2, 0) is 18.9 Å².